The van der Waals surface area contributed by atoms with Gasteiger partial charge in [-0.3, -0.25) is 0 Å². The minimum absolute atomic E-state index is 0.404. The van der Waals surface area contributed by atoms with E-state index in [2.05, 4.69) is 6.07 Å². The van der Waals surface area contributed by atoms with E-state index in [0.29, 0.717) is 30.6 Å². The molecule has 0 aromatic carbocycles. The topological polar surface area (TPSA) is 76.4 Å². The van der Waals surface area contributed by atoms with Crippen LogP contribution in [0.3, 0.4) is 0 Å². The lowest BCUT2D eigenvalue weighted by Gasteiger charge is -2.09. The average molecular weight is 297 g/mol. The van der Waals surface area contributed by atoms with Crippen molar-refractivity contribution in [3.05, 3.63) is 56.8 Å². The Hall–Kier alpha value is -2.74. The lowest BCUT2D eigenvalue weighted by Crippen LogP contribution is -2.31. The molecule has 0 radical (unpaired) electrons. The molecule has 0 aliphatic heterocycles. The summed E-state index contributed by atoms with van der Waals surface area (Å²) < 4.78 is 16.6. The molecule has 0 fully saturated rings. The highest BCUT2D eigenvalue weighted by molar-refractivity contribution is 5.55. The molecular weight excluding hydrogens is 282 g/mol. The molecule has 22 heavy (non-hydrogen) atoms. The number of fused-ring (bicyclic) bond motifs is 2. The van der Waals surface area contributed by atoms with Crippen molar-refractivity contribution in [2.24, 2.45) is 0 Å². The van der Waals surface area contributed by atoms with Crippen molar-refractivity contribution in [3.8, 4) is 6.07 Å². The first kappa shape index (κ1) is 14.2. The van der Waals surface area contributed by atoms with E-state index in [0.717, 1.165) is 29.4 Å². The fourth-order valence-electron chi connectivity index (χ4n) is 2.41. The lowest BCUT2D eigenvalue weighted by atomic mass is 10.1. The molecule has 1 aliphatic rings. The molecule has 5 nitrogen and oxygen atoms in total. The minimum Gasteiger partial charge on any atom is -0.497 e. The lowest BCUT2D eigenvalue weighted by molar-refractivity contribution is 0.256. The Morgan fingerprint density at radius 3 is 3.05 bits per heavy atom. The van der Waals surface area contributed by atoms with Gasteiger partial charge in [0.05, 0.1) is 24.2 Å². The van der Waals surface area contributed by atoms with E-state index in [1.165, 1.54) is 6.07 Å². The average Bonchev–Trinajstić information content (AvgIpc) is 2.88. The Labute approximate surface area is 126 Å². The molecule has 0 N–H and O–H groups in total. The molecule has 112 valence electrons. The van der Waals surface area contributed by atoms with E-state index < -0.39 is 5.63 Å². The van der Waals surface area contributed by atoms with Crippen LogP contribution in [-0.4, -0.2) is 6.61 Å². The van der Waals surface area contributed by atoms with Gasteiger partial charge in [-0.2, -0.15) is 5.26 Å². The summed E-state index contributed by atoms with van der Waals surface area (Å²) in [7, 11) is 0. The summed E-state index contributed by atoms with van der Waals surface area (Å²) in [6.45, 7) is 0.531. The van der Waals surface area contributed by atoms with Crippen LogP contribution in [0.2, 0.25) is 0 Å². The predicted octanol–water partition coefficient (Wildman–Crippen LogP) is 1.44. The van der Waals surface area contributed by atoms with Crippen LogP contribution in [0, 0.1) is 11.3 Å². The van der Waals surface area contributed by atoms with Crippen LogP contribution in [0.15, 0.2) is 38.1 Å². The molecule has 0 spiro atoms. The van der Waals surface area contributed by atoms with Gasteiger partial charge in [-0.15, -0.1) is 0 Å². The smallest absolute Gasteiger partial charge is 0.336 e. The van der Waals surface area contributed by atoms with Crippen molar-refractivity contribution < 1.29 is 13.6 Å². The van der Waals surface area contributed by atoms with Gasteiger partial charge >= 0.3 is 5.63 Å². The number of hydrogen-bond donors (Lipinski definition) is 0. The minimum atomic E-state index is -0.404. The fourth-order valence-corrected chi connectivity index (χ4v) is 2.41. The SMILES string of the molecule is N#CCCCCOC1=c2ccc(=O)oc2=Cc2occc2C1. The first-order chi connectivity index (χ1) is 10.8. The number of ether oxygens (including phenoxy) is 1. The van der Waals surface area contributed by atoms with Crippen molar-refractivity contribution in [1.82, 2.24) is 0 Å². The summed E-state index contributed by atoms with van der Waals surface area (Å²) in [6, 6.07) is 7.11. The Balaban J connectivity index is 1.94. The third-order valence-corrected chi connectivity index (χ3v) is 3.52. The van der Waals surface area contributed by atoms with Crippen LogP contribution in [0.25, 0.3) is 11.8 Å². The summed E-state index contributed by atoms with van der Waals surface area (Å²) in [5, 5.41) is 9.31. The maximum Gasteiger partial charge on any atom is 0.336 e. The maximum absolute atomic E-state index is 11.4. The fraction of sp³-hybridized carbons (Fsp3) is 0.294. The van der Waals surface area contributed by atoms with Crippen molar-refractivity contribution in [3.63, 3.8) is 0 Å². The van der Waals surface area contributed by atoms with Crippen molar-refractivity contribution in [2.45, 2.75) is 25.7 Å². The van der Waals surface area contributed by atoms with Gasteiger partial charge in [0, 0.05) is 30.5 Å². The molecule has 2 aromatic rings. The Bertz CT molecular complexity index is 882. The highest BCUT2D eigenvalue weighted by atomic mass is 16.5. The molecule has 0 amide bonds. The monoisotopic (exact) mass is 297 g/mol. The predicted molar refractivity (Wildman–Crippen MR) is 79.0 cm³/mol. The normalized spacial score (nSPS) is 12.6. The Kier molecular flexibility index (Phi) is 4.10. The van der Waals surface area contributed by atoms with E-state index >= 15 is 0 Å². The van der Waals surface area contributed by atoms with Gasteiger partial charge < -0.3 is 13.6 Å². The molecule has 2 aromatic heterocycles. The molecule has 0 saturated heterocycles. The second-order valence-electron chi connectivity index (χ2n) is 5.05. The van der Waals surface area contributed by atoms with Gasteiger partial charge in [0.15, 0.2) is 0 Å². The zero-order valence-corrected chi connectivity index (χ0v) is 12.0. The Morgan fingerprint density at radius 2 is 2.18 bits per heavy atom. The van der Waals surface area contributed by atoms with Gasteiger partial charge in [-0.25, -0.2) is 4.79 Å². The number of rotatable bonds is 5. The zero-order chi connectivity index (χ0) is 15.4. The van der Waals surface area contributed by atoms with E-state index in [4.69, 9.17) is 18.8 Å². The molecule has 3 rings (SSSR count). The van der Waals surface area contributed by atoms with Crippen LogP contribution < -0.4 is 16.3 Å². The van der Waals surface area contributed by atoms with E-state index in [-0.39, 0.29) is 0 Å². The van der Waals surface area contributed by atoms with Crippen LogP contribution in [0.4, 0.5) is 0 Å². The summed E-state index contributed by atoms with van der Waals surface area (Å²) >= 11 is 0. The van der Waals surface area contributed by atoms with Gasteiger partial charge in [-0.05, 0) is 25.0 Å². The molecule has 0 bridgehead atoms. The van der Waals surface area contributed by atoms with Crippen LogP contribution in [0.1, 0.15) is 30.6 Å². The van der Waals surface area contributed by atoms with Crippen molar-refractivity contribution in [1.29, 1.82) is 5.26 Å². The second kappa shape index (κ2) is 6.35. The molecule has 0 unspecified atom stereocenters. The first-order valence-electron chi connectivity index (χ1n) is 7.19. The second-order valence-corrected chi connectivity index (χ2v) is 5.05. The maximum atomic E-state index is 11.4. The van der Waals surface area contributed by atoms with Crippen LogP contribution in [-0.2, 0) is 11.2 Å². The third-order valence-electron chi connectivity index (χ3n) is 3.52. The molecule has 2 heterocycles. The summed E-state index contributed by atoms with van der Waals surface area (Å²) in [5.41, 5.74) is 1.04. The number of nitriles is 1. The summed E-state index contributed by atoms with van der Waals surface area (Å²) in [6.07, 6.45) is 6.07. The molecule has 1 aliphatic carbocycles. The number of furan rings is 1. The molecule has 0 atom stereocenters. The molecule has 0 saturated carbocycles. The Morgan fingerprint density at radius 1 is 1.27 bits per heavy atom. The number of nitrogens with zero attached hydrogens (tertiary/aromatic N) is 1. The summed E-state index contributed by atoms with van der Waals surface area (Å²) in [4.78, 5) is 11.4. The number of hydrogen-bond acceptors (Lipinski definition) is 5. The number of unbranched alkanes of at least 4 members (excludes halogenated alkanes) is 2. The van der Waals surface area contributed by atoms with Crippen molar-refractivity contribution in [2.75, 3.05) is 6.61 Å². The third kappa shape index (κ3) is 2.96. The van der Waals surface area contributed by atoms with Crippen LogP contribution >= 0.6 is 0 Å². The van der Waals surface area contributed by atoms with E-state index in [1.807, 2.05) is 6.07 Å². The highest BCUT2D eigenvalue weighted by Gasteiger charge is 2.14. The van der Waals surface area contributed by atoms with Crippen molar-refractivity contribution >= 4 is 11.8 Å². The first-order valence-corrected chi connectivity index (χ1v) is 7.19. The van der Waals surface area contributed by atoms with Gasteiger partial charge in [0.2, 0.25) is 0 Å². The quantitative estimate of drug-likeness (QED) is 0.780. The van der Waals surface area contributed by atoms with E-state index in [9.17, 15) is 4.79 Å². The zero-order valence-electron chi connectivity index (χ0n) is 12.0. The highest BCUT2D eigenvalue weighted by Crippen LogP contribution is 2.18. The molecule has 5 heteroatoms. The van der Waals surface area contributed by atoms with Gasteiger partial charge in [0.1, 0.15) is 16.9 Å². The van der Waals surface area contributed by atoms with Gasteiger partial charge in [-0.1, -0.05) is 0 Å². The van der Waals surface area contributed by atoms with E-state index in [1.54, 1.807) is 18.4 Å². The largest absolute Gasteiger partial charge is 0.497 e. The molecular formula is C17H15NO4. The standard InChI is InChI=1S/C17H15NO4/c18-7-2-1-3-8-20-15-10-12-6-9-21-14(12)11-16-13(15)4-5-17(19)22-16/h4-6,9,11H,1-3,8,10H2. The van der Waals surface area contributed by atoms with Crippen LogP contribution in [0.5, 0.6) is 0 Å². The summed E-state index contributed by atoms with van der Waals surface area (Å²) in [5.74, 6) is 1.44. The van der Waals surface area contributed by atoms with Gasteiger partial charge in [0.25, 0.3) is 0 Å².